The Kier molecular flexibility index (Phi) is 6.14. The lowest BCUT2D eigenvalue weighted by Gasteiger charge is -2.21. The highest BCUT2D eigenvalue weighted by atomic mass is 16.2. The standard InChI is InChI=1S/C27H26N4O2/c1-18(16-28)30-25(32)19(2)29-17-21-9-4-6-12-23(21)26(33)31-27(14-15-27)24-13-7-10-20-8-3-5-11-22(20)24/h3-13,18,29H,2,14-15,17H2,1H3,(H,30,32)(H,31,33). The molecule has 33 heavy (non-hydrogen) atoms. The van der Waals surface area contributed by atoms with Gasteiger partial charge in [-0.2, -0.15) is 5.26 Å². The minimum Gasteiger partial charge on any atom is -0.377 e. The first-order valence-electron chi connectivity index (χ1n) is 11.0. The van der Waals surface area contributed by atoms with Gasteiger partial charge in [-0.3, -0.25) is 9.59 Å². The summed E-state index contributed by atoms with van der Waals surface area (Å²) in [5.74, 6) is -0.593. The number of carbonyl (C=O) groups excluding carboxylic acids is 2. The second kappa shape index (κ2) is 9.17. The molecule has 166 valence electrons. The van der Waals surface area contributed by atoms with E-state index in [0.29, 0.717) is 5.56 Å². The van der Waals surface area contributed by atoms with E-state index < -0.39 is 11.9 Å². The van der Waals surface area contributed by atoms with Gasteiger partial charge in [0.05, 0.1) is 17.3 Å². The number of fused-ring (bicyclic) bond motifs is 1. The van der Waals surface area contributed by atoms with Crippen LogP contribution < -0.4 is 16.0 Å². The highest BCUT2D eigenvalue weighted by molar-refractivity contribution is 5.97. The van der Waals surface area contributed by atoms with Crippen LogP contribution in [0, 0.1) is 11.3 Å². The van der Waals surface area contributed by atoms with Crippen LogP contribution in [0.2, 0.25) is 0 Å². The highest BCUT2D eigenvalue weighted by Gasteiger charge is 2.46. The van der Waals surface area contributed by atoms with Crippen molar-refractivity contribution in [3.05, 3.63) is 95.7 Å². The van der Waals surface area contributed by atoms with Gasteiger partial charge in [-0.05, 0) is 47.7 Å². The molecule has 0 saturated heterocycles. The predicted octanol–water partition coefficient (Wildman–Crippen LogP) is 3.89. The summed E-state index contributed by atoms with van der Waals surface area (Å²) in [4.78, 5) is 25.4. The fourth-order valence-electron chi connectivity index (χ4n) is 4.01. The molecule has 6 heteroatoms. The number of nitriles is 1. The van der Waals surface area contributed by atoms with Gasteiger partial charge in [0.25, 0.3) is 11.8 Å². The summed E-state index contributed by atoms with van der Waals surface area (Å²) in [6.07, 6.45) is 1.78. The van der Waals surface area contributed by atoms with Crippen LogP contribution >= 0.6 is 0 Å². The minimum atomic E-state index is -0.613. The maximum absolute atomic E-state index is 13.3. The largest absolute Gasteiger partial charge is 0.377 e. The Bertz CT molecular complexity index is 1270. The molecule has 3 aromatic rings. The van der Waals surface area contributed by atoms with E-state index in [0.717, 1.165) is 34.7 Å². The van der Waals surface area contributed by atoms with E-state index in [9.17, 15) is 9.59 Å². The number of benzene rings is 3. The van der Waals surface area contributed by atoms with Gasteiger partial charge in [0.2, 0.25) is 0 Å². The Hall–Kier alpha value is -4.11. The first kappa shape index (κ1) is 22.1. The van der Waals surface area contributed by atoms with Crippen LogP contribution in [0.3, 0.4) is 0 Å². The first-order chi connectivity index (χ1) is 15.9. The number of carbonyl (C=O) groups is 2. The third-order valence-electron chi connectivity index (χ3n) is 5.98. The van der Waals surface area contributed by atoms with E-state index in [2.05, 4.69) is 46.8 Å². The minimum absolute atomic E-state index is 0.140. The molecule has 1 unspecified atom stereocenters. The third-order valence-corrected chi connectivity index (χ3v) is 5.98. The van der Waals surface area contributed by atoms with Crippen LogP contribution in [0.4, 0.5) is 0 Å². The Morgan fingerprint density at radius 2 is 1.76 bits per heavy atom. The van der Waals surface area contributed by atoms with E-state index in [1.165, 1.54) is 0 Å². The molecule has 0 bridgehead atoms. The van der Waals surface area contributed by atoms with Gasteiger partial charge in [-0.25, -0.2) is 0 Å². The van der Waals surface area contributed by atoms with Gasteiger partial charge in [-0.1, -0.05) is 67.2 Å². The molecular formula is C27H26N4O2. The Morgan fingerprint density at radius 3 is 2.52 bits per heavy atom. The molecule has 0 aliphatic heterocycles. The van der Waals surface area contributed by atoms with Crippen LogP contribution in [0.25, 0.3) is 10.8 Å². The highest BCUT2D eigenvalue weighted by Crippen LogP contribution is 2.48. The lowest BCUT2D eigenvalue weighted by Crippen LogP contribution is -2.37. The number of hydrogen-bond donors (Lipinski definition) is 3. The number of nitrogens with zero attached hydrogens (tertiary/aromatic N) is 1. The predicted molar refractivity (Wildman–Crippen MR) is 128 cm³/mol. The molecule has 3 aromatic carbocycles. The molecule has 1 atom stereocenters. The molecule has 0 aromatic heterocycles. The monoisotopic (exact) mass is 438 g/mol. The van der Waals surface area contributed by atoms with E-state index in [-0.39, 0.29) is 23.7 Å². The van der Waals surface area contributed by atoms with Gasteiger partial charge < -0.3 is 16.0 Å². The van der Waals surface area contributed by atoms with Gasteiger partial charge in [-0.15, -0.1) is 0 Å². The van der Waals surface area contributed by atoms with E-state index in [1.54, 1.807) is 13.0 Å². The average Bonchev–Trinajstić information content (AvgIpc) is 3.62. The molecule has 0 heterocycles. The quantitative estimate of drug-likeness (QED) is 0.465. The van der Waals surface area contributed by atoms with Crippen molar-refractivity contribution in [1.82, 2.24) is 16.0 Å². The summed E-state index contributed by atoms with van der Waals surface area (Å²) in [6, 6.07) is 23.1. The lowest BCUT2D eigenvalue weighted by molar-refractivity contribution is -0.118. The second-order valence-corrected chi connectivity index (χ2v) is 8.38. The van der Waals surface area contributed by atoms with Crippen LogP contribution in [0.5, 0.6) is 0 Å². The smallest absolute Gasteiger partial charge is 0.267 e. The summed E-state index contributed by atoms with van der Waals surface area (Å²) in [5.41, 5.74) is 2.22. The van der Waals surface area contributed by atoms with Crippen molar-refractivity contribution in [3.63, 3.8) is 0 Å². The van der Waals surface area contributed by atoms with Crippen molar-refractivity contribution < 1.29 is 9.59 Å². The lowest BCUT2D eigenvalue weighted by atomic mass is 9.96. The maximum atomic E-state index is 13.3. The molecule has 1 saturated carbocycles. The number of rotatable bonds is 8. The molecule has 0 radical (unpaired) electrons. The molecule has 3 N–H and O–H groups in total. The Labute approximate surface area is 193 Å². The zero-order valence-electron chi connectivity index (χ0n) is 18.5. The van der Waals surface area contributed by atoms with Gasteiger partial charge in [0.1, 0.15) is 6.04 Å². The molecule has 0 spiro atoms. The van der Waals surface area contributed by atoms with E-state index >= 15 is 0 Å². The fourth-order valence-corrected chi connectivity index (χ4v) is 4.01. The Balaban J connectivity index is 1.49. The maximum Gasteiger partial charge on any atom is 0.267 e. The van der Waals surface area contributed by atoms with Crippen LogP contribution in [0.1, 0.15) is 41.3 Å². The molecular weight excluding hydrogens is 412 g/mol. The van der Waals surface area contributed by atoms with Crippen LogP contribution in [-0.4, -0.2) is 17.9 Å². The van der Waals surface area contributed by atoms with Crippen molar-refractivity contribution in [1.29, 1.82) is 5.26 Å². The molecule has 2 amide bonds. The molecule has 1 aliphatic rings. The fraction of sp³-hybridized carbons (Fsp3) is 0.222. The summed E-state index contributed by atoms with van der Waals surface area (Å²) < 4.78 is 0. The number of hydrogen-bond acceptors (Lipinski definition) is 4. The molecule has 6 nitrogen and oxygen atoms in total. The summed E-state index contributed by atoms with van der Waals surface area (Å²) in [5, 5.41) is 19.9. The molecule has 1 aliphatic carbocycles. The van der Waals surface area contributed by atoms with Gasteiger partial charge in [0.15, 0.2) is 0 Å². The van der Waals surface area contributed by atoms with Crippen molar-refractivity contribution >= 4 is 22.6 Å². The van der Waals surface area contributed by atoms with Gasteiger partial charge in [0, 0.05) is 12.1 Å². The SMILES string of the molecule is C=C(NCc1ccccc1C(=O)NC1(c2cccc3ccccc23)CC1)C(=O)NC(C)C#N. The van der Waals surface area contributed by atoms with Crippen molar-refractivity contribution in [2.75, 3.05) is 0 Å². The van der Waals surface area contributed by atoms with Gasteiger partial charge >= 0.3 is 0 Å². The summed E-state index contributed by atoms with van der Waals surface area (Å²) in [7, 11) is 0. The Morgan fingerprint density at radius 1 is 1.06 bits per heavy atom. The zero-order valence-corrected chi connectivity index (χ0v) is 18.5. The second-order valence-electron chi connectivity index (χ2n) is 8.38. The average molecular weight is 439 g/mol. The van der Waals surface area contributed by atoms with E-state index in [4.69, 9.17) is 5.26 Å². The molecule has 1 fully saturated rings. The number of nitrogens with one attached hydrogen (secondary N) is 3. The first-order valence-corrected chi connectivity index (χ1v) is 11.0. The topological polar surface area (TPSA) is 94.0 Å². The summed E-state index contributed by atoms with van der Waals surface area (Å²) >= 11 is 0. The third kappa shape index (κ3) is 4.73. The number of amides is 2. The van der Waals surface area contributed by atoms with Crippen molar-refractivity contribution in [2.24, 2.45) is 0 Å². The van der Waals surface area contributed by atoms with Crippen LogP contribution in [-0.2, 0) is 16.9 Å². The van der Waals surface area contributed by atoms with E-state index in [1.807, 2.05) is 42.5 Å². The zero-order chi connectivity index (χ0) is 23.4. The summed E-state index contributed by atoms with van der Waals surface area (Å²) in [6.45, 7) is 5.59. The van der Waals surface area contributed by atoms with Crippen molar-refractivity contribution in [3.8, 4) is 6.07 Å². The van der Waals surface area contributed by atoms with Crippen molar-refractivity contribution in [2.45, 2.75) is 37.9 Å². The van der Waals surface area contributed by atoms with Crippen LogP contribution in [0.15, 0.2) is 79.0 Å². The normalized spacial score (nSPS) is 14.5. The molecule has 4 rings (SSSR count).